The molecule has 212 valence electrons. The van der Waals surface area contributed by atoms with E-state index in [0.29, 0.717) is 5.66 Å². The largest absolute Gasteiger partial charge is 0.748 e. The smallest absolute Gasteiger partial charge is 0 e. The minimum atomic E-state index is -0.511. The van der Waals surface area contributed by atoms with Crippen LogP contribution >= 0.6 is 15.8 Å². The van der Waals surface area contributed by atoms with E-state index < -0.39 is 7.92 Å². The summed E-state index contributed by atoms with van der Waals surface area (Å²) in [6, 6.07) is 39.9. The molecule has 0 N–H and O–H groups in total. The molecule has 0 aliphatic heterocycles. The van der Waals surface area contributed by atoms with Gasteiger partial charge in [-0.3, -0.25) is 0 Å². The van der Waals surface area contributed by atoms with Crippen molar-refractivity contribution in [3.05, 3.63) is 115 Å². The maximum absolute atomic E-state index is 2.62. The molecule has 1 atom stereocenters. The Bertz CT molecular complexity index is 1080. The van der Waals surface area contributed by atoms with Crippen molar-refractivity contribution >= 4 is 31.8 Å². The van der Waals surface area contributed by atoms with Crippen LogP contribution in [0.1, 0.15) is 82.4 Å². The summed E-state index contributed by atoms with van der Waals surface area (Å²) in [6.45, 7) is 2.62. The van der Waals surface area contributed by atoms with Gasteiger partial charge in [0.05, 0.1) is 0 Å². The van der Waals surface area contributed by atoms with Gasteiger partial charge in [0.15, 0.2) is 0 Å². The Morgan fingerprint density at radius 3 is 1.49 bits per heavy atom. The van der Waals surface area contributed by atoms with Crippen LogP contribution in [0.25, 0.3) is 0 Å². The molecule has 2 aliphatic carbocycles. The zero-order chi connectivity index (χ0) is 26.0. The second-order valence-corrected chi connectivity index (χ2v) is 16.4. The predicted molar refractivity (Wildman–Crippen MR) is 172 cm³/mol. The van der Waals surface area contributed by atoms with E-state index in [1.54, 1.807) is 10.9 Å². The molecule has 4 aromatic carbocycles. The Morgan fingerprint density at radius 2 is 1.05 bits per heavy atom. The molecular weight excluding hydrogens is 550 g/mol. The minimum Gasteiger partial charge on any atom is -0.748 e. The molecule has 39 heavy (non-hydrogen) atoms. The molecule has 0 amide bonds. The van der Waals surface area contributed by atoms with Gasteiger partial charge in [-0.25, -0.2) is 12.1 Å². The summed E-state index contributed by atoms with van der Waals surface area (Å²) in [5, 5.41) is 4.59. The molecule has 0 radical (unpaired) electrons. The molecule has 0 nitrogen and oxygen atoms in total. The first-order valence-electron chi connectivity index (χ1n) is 14.9. The van der Waals surface area contributed by atoms with E-state index >= 15 is 0 Å². The monoisotopic (exact) mass is 594 g/mol. The Kier molecular flexibility index (Phi) is 12.6. The summed E-state index contributed by atoms with van der Waals surface area (Å²) in [4.78, 5) is 0. The van der Waals surface area contributed by atoms with Crippen LogP contribution in [0.15, 0.2) is 109 Å². The third-order valence-corrected chi connectivity index (χ3v) is 15.0. The van der Waals surface area contributed by atoms with Crippen LogP contribution in [0.3, 0.4) is 0 Å². The van der Waals surface area contributed by atoms with Gasteiger partial charge in [-0.2, -0.15) is 6.07 Å². The van der Waals surface area contributed by atoms with E-state index in [1.807, 2.05) is 30.3 Å². The Labute approximate surface area is 250 Å². The van der Waals surface area contributed by atoms with Crippen molar-refractivity contribution in [3.8, 4) is 0 Å². The van der Waals surface area contributed by atoms with Crippen molar-refractivity contribution in [1.29, 1.82) is 0 Å². The Balaban J connectivity index is 0.000000530. The van der Waals surface area contributed by atoms with Crippen LogP contribution in [-0.4, -0.2) is 11.3 Å². The molecule has 0 heterocycles. The zero-order valence-electron chi connectivity index (χ0n) is 23.4. The fourth-order valence-corrected chi connectivity index (χ4v) is 13.7. The standard InChI is InChI=1S/C31H39P2.C5H5.Fe/c1-25(32(26-15-6-2-7-16-26)27-17-8-3-9-18-27)30-23-14-24-31(30)33(28-19-10-4-11-20-28)29-21-12-5-13-22-29;1-2-4-5-3-1;/h4-5,10-14,19-27H,2-3,6-9,15-18H2,1H3;1-5H;/q-1;-5;. The van der Waals surface area contributed by atoms with Crippen molar-refractivity contribution in [2.75, 3.05) is 0 Å². The van der Waals surface area contributed by atoms with Crippen molar-refractivity contribution in [2.45, 2.75) is 88.1 Å². The molecule has 2 aliphatic rings. The summed E-state index contributed by atoms with van der Waals surface area (Å²) in [5.74, 6) is 0. The van der Waals surface area contributed by atoms with Crippen LogP contribution in [0, 0.1) is 0 Å². The second-order valence-electron chi connectivity index (χ2n) is 11.0. The van der Waals surface area contributed by atoms with E-state index in [0.717, 1.165) is 11.3 Å². The van der Waals surface area contributed by atoms with Crippen LogP contribution in [0.2, 0.25) is 0 Å². The Morgan fingerprint density at radius 1 is 0.615 bits per heavy atom. The van der Waals surface area contributed by atoms with Crippen LogP contribution in [-0.2, 0) is 17.1 Å². The van der Waals surface area contributed by atoms with Crippen LogP contribution in [0.5, 0.6) is 0 Å². The molecule has 0 spiro atoms. The van der Waals surface area contributed by atoms with Crippen molar-refractivity contribution in [3.63, 3.8) is 0 Å². The van der Waals surface area contributed by atoms with Gasteiger partial charge in [0, 0.05) is 17.1 Å². The van der Waals surface area contributed by atoms with Gasteiger partial charge in [-0.1, -0.05) is 106 Å². The first-order chi connectivity index (χ1) is 18.8. The number of hydrogen-bond donors (Lipinski definition) is 0. The van der Waals surface area contributed by atoms with E-state index in [-0.39, 0.29) is 25.0 Å². The second kappa shape index (κ2) is 16.1. The molecule has 6 rings (SSSR count). The Hall–Kier alpha value is -1.48. The van der Waals surface area contributed by atoms with Crippen molar-refractivity contribution in [1.82, 2.24) is 0 Å². The summed E-state index contributed by atoms with van der Waals surface area (Å²) >= 11 is 0. The molecule has 2 fully saturated rings. The summed E-state index contributed by atoms with van der Waals surface area (Å²) < 4.78 is 0. The van der Waals surface area contributed by atoms with Crippen LogP contribution in [0.4, 0.5) is 0 Å². The van der Waals surface area contributed by atoms with Crippen molar-refractivity contribution < 1.29 is 17.1 Å². The summed E-state index contributed by atoms with van der Waals surface area (Å²) in [6.07, 6.45) is 14.8. The number of rotatable bonds is 7. The van der Waals surface area contributed by atoms with Gasteiger partial charge in [0.2, 0.25) is 0 Å². The van der Waals surface area contributed by atoms with Gasteiger partial charge < -0.3 is 30.3 Å². The average Bonchev–Trinajstić information content (AvgIpc) is 3.72. The molecule has 4 aromatic rings. The van der Waals surface area contributed by atoms with Gasteiger partial charge in [0.1, 0.15) is 0 Å². The maximum atomic E-state index is 2.62. The van der Waals surface area contributed by atoms with Crippen molar-refractivity contribution in [2.24, 2.45) is 0 Å². The van der Waals surface area contributed by atoms with Gasteiger partial charge in [-0.15, -0.1) is 18.8 Å². The zero-order valence-corrected chi connectivity index (χ0v) is 26.3. The predicted octanol–water partition coefficient (Wildman–Crippen LogP) is 9.77. The van der Waals surface area contributed by atoms with E-state index in [4.69, 9.17) is 0 Å². The van der Waals surface area contributed by atoms with Gasteiger partial charge in [-0.05, 0) is 61.2 Å². The van der Waals surface area contributed by atoms with E-state index in [9.17, 15) is 0 Å². The third kappa shape index (κ3) is 8.05. The topological polar surface area (TPSA) is 0 Å². The maximum Gasteiger partial charge on any atom is 0 e. The SMILES string of the molecule is CC([c-]1cccc1P(c1ccccc1)c1ccccc1)P(C1CCCCC1)C1CCCCC1.[Fe].[cH-]1[cH-][cH-][cH-][cH-]1. The fraction of sp³-hybridized carbons (Fsp3) is 0.389. The molecule has 3 heteroatoms. The minimum absolute atomic E-state index is 0. The molecule has 0 aromatic heterocycles. The first kappa shape index (κ1) is 30.5. The van der Waals surface area contributed by atoms with Gasteiger partial charge >= 0.3 is 0 Å². The quantitative estimate of drug-likeness (QED) is 0.114. The summed E-state index contributed by atoms with van der Waals surface area (Å²) in [5.41, 5.74) is 4.38. The molecule has 0 saturated heterocycles. The molecule has 1 unspecified atom stereocenters. The summed E-state index contributed by atoms with van der Waals surface area (Å²) in [7, 11) is -0.489. The molecule has 0 bridgehead atoms. The fourth-order valence-electron chi connectivity index (χ4n) is 6.73. The average molecular weight is 595 g/mol. The first-order valence-corrected chi connectivity index (χ1v) is 17.8. The molecular formula is C36H44FeP2-6. The van der Waals surface area contributed by atoms with E-state index in [2.05, 4.69) is 85.8 Å². The number of hydrogen-bond acceptors (Lipinski definition) is 0. The van der Waals surface area contributed by atoms with Gasteiger partial charge in [0.25, 0.3) is 0 Å². The molecule has 2 saturated carbocycles. The third-order valence-electron chi connectivity index (χ3n) is 8.54. The normalized spacial score (nSPS) is 17.3. The van der Waals surface area contributed by atoms with Crippen LogP contribution < -0.4 is 15.9 Å². The number of benzene rings is 2. The van der Waals surface area contributed by atoms with E-state index in [1.165, 1.54) is 74.8 Å².